The molecule has 0 aliphatic carbocycles. The molecule has 6 nitrogen and oxygen atoms in total. The molecule has 140 valence electrons. The number of ketones is 1. The first-order valence-electron chi connectivity index (χ1n) is 8.67. The molecule has 0 radical (unpaired) electrons. The minimum Gasteiger partial charge on any atom is -0.494 e. The van der Waals surface area contributed by atoms with Crippen LogP contribution in [0.15, 0.2) is 53.1 Å². The van der Waals surface area contributed by atoms with Gasteiger partial charge in [-0.05, 0) is 63.2 Å². The van der Waals surface area contributed by atoms with Crippen molar-refractivity contribution in [1.29, 1.82) is 0 Å². The van der Waals surface area contributed by atoms with Crippen molar-refractivity contribution in [3.8, 4) is 11.4 Å². The number of hydrogen-bond acceptors (Lipinski definition) is 5. The van der Waals surface area contributed by atoms with Gasteiger partial charge in [-0.3, -0.25) is 4.79 Å². The first-order valence-corrected chi connectivity index (χ1v) is 8.67. The Morgan fingerprint density at radius 2 is 1.85 bits per heavy atom. The lowest BCUT2D eigenvalue weighted by Gasteiger charge is -2.11. The Morgan fingerprint density at radius 1 is 1.11 bits per heavy atom. The van der Waals surface area contributed by atoms with Gasteiger partial charge in [-0.2, -0.15) is 0 Å². The number of esters is 1. The molecule has 1 aromatic carbocycles. The van der Waals surface area contributed by atoms with Gasteiger partial charge in [0.2, 0.25) is 11.5 Å². The largest absolute Gasteiger partial charge is 0.494 e. The molecule has 0 spiro atoms. The van der Waals surface area contributed by atoms with Crippen molar-refractivity contribution in [2.24, 2.45) is 0 Å². The zero-order valence-corrected chi connectivity index (χ0v) is 15.5. The van der Waals surface area contributed by atoms with Gasteiger partial charge in [-0.25, -0.2) is 4.79 Å². The highest BCUT2D eigenvalue weighted by molar-refractivity contribution is 6.00. The van der Waals surface area contributed by atoms with Gasteiger partial charge in [0.25, 0.3) is 0 Å². The first-order chi connectivity index (χ1) is 13.0. The van der Waals surface area contributed by atoms with Gasteiger partial charge in [0.05, 0.1) is 12.9 Å². The lowest BCUT2D eigenvalue weighted by molar-refractivity contribution is 0.0444. The summed E-state index contributed by atoms with van der Waals surface area (Å²) in [6.45, 7) is 5.99. The van der Waals surface area contributed by atoms with E-state index in [9.17, 15) is 9.59 Å². The van der Waals surface area contributed by atoms with Gasteiger partial charge in [0.1, 0.15) is 5.75 Å². The summed E-state index contributed by atoms with van der Waals surface area (Å²) >= 11 is 0. The summed E-state index contributed by atoms with van der Waals surface area (Å²) in [6.07, 6.45) is 1.38. The topological polar surface area (TPSA) is 70.7 Å². The van der Waals surface area contributed by atoms with Gasteiger partial charge in [0, 0.05) is 22.6 Å². The fraction of sp³-hybridized carbons (Fsp3) is 0.238. The molecule has 0 saturated heterocycles. The maximum absolute atomic E-state index is 12.5. The second-order valence-electron chi connectivity index (χ2n) is 6.02. The smallest absolute Gasteiger partial charge is 0.374 e. The van der Waals surface area contributed by atoms with Crippen molar-refractivity contribution in [2.45, 2.75) is 20.8 Å². The molecule has 0 aliphatic rings. The predicted octanol–water partition coefficient (Wildman–Crippen LogP) is 4.13. The Labute approximate surface area is 157 Å². The third-order valence-electron chi connectivity index (χ3n) is 4.19. The molecule has 2 heterocycles. The van der Waals surface area contributed by atoms with Crippen LogP contribution in [0.2, 0.25) is 0 Å². The number of carbonyl (C=O) groups is 2. The quantitative estimate of drug-likeness (QED) is 0.464. The van der Waals surface area contributed by atoms with Crippen LogP contribution in [0, 0.1) is 13.8 Å². The van der Waals surface area contributed by atoms with E-state index in [4.69, 9.17) is 13.9 Å². The summed E-state index contributed by atoms with van der Waals surface area (Å²) in [6, 6.07) is 12.5. The molecule has 0 bridgehead atoms. The number of rotatable bonds is 7. The summed E-state index contributed by atoms with van der Waals surface area (Å²) in [5.41, 5.74) is 3.15. The second-order valence-corrected chi connectivity index (χ2v) is 6.02. The Balaban J connectivity index is 1.76. The monoisotopic (exact) mass is 367 g/mol. The van der Waals surface area contributed by atoms with Crippen LogP contribution >= 0.6 is 0 Å². The van der Waals surface area contributed by atoms with E-state index in [0.717, 1.165) is 22.8 Å². The number of Topliss-reactive ketones (excluding diaryl/α,β-unsaturated/α-hetero) is 1. The van der Waals surface area contributed by atoms with E-state index in [2.05, 4.69) is 0 Å². The summed E-state index contributed by atoms with van der Waals surface area (Å²) in [7, 11) is 0. The third kappa shape index (κ3) is 3.95. The van der Waals surface area contributed by atoms with E-state index in [1.165, 1.54) is 12.3 Å². The third-order valence-corrected chi connectivity index (χ3v) is 4.19. The number of benzene rings is 1. The number of aromatic nitrogens is 1. The molecular formula is C21H21NO5. The van der Waals surface area contributed by atoms with Crippen molar-refractivity contribution in [2.75, 3.05) is 13.2 Å². The number of aryl methyl sites for hydroxylation is 1. The van der Waals surface area contributed by atoms with Crippen LogP contribution in [-0.4, -0.2) is 29.5 Å². The van der Waals surface area contributed by atoms with Gasteiger partial charge < -0.3 is 18.5 Å². The fourth-order valence-electron chi connectivity index (χ4n) is 2.98. The Hall–Kier alpha value is -3.28. The zero-order valence-electron chi connectivity index (χ0n) is 15.5. The molecule has 0 amide bonds. The van der Waals surface area contributed by atoms with Gasteiger partial charge >= 0.3 is 5.97 Å². The number of nitrogens with zero attached hydrogens (tertiary/aromatic N) is 1. The standard InChI is InChI=1S/C21H21NO5/c1-4-25-17-9-7-16(8-10-17)22-14(2)12-18(15(22)3)19(23)13-27-21(24)20-6-5-11-26-20/h5-12H,4,13H2,1-3H3. The minimum absolute atomic E-state index is 0.0719. The van der Waals surface area contributed by atoms with E-state index < -0.39 is 5.97 Å². The fourth-order valence-corrected chi connectivity index (χ4v) is 2.98. The summed E-state index contributed by atoms with van der Waals surface area (Å²) in [4.78, 5) is 24.4. The van der Waals surface area contributed by atoms with E-state index in [0.29, 0.717) is 12.2 Å². The maximum atomic E-state index is 12.5. The number of hydrogen-bond donors (Lipinski definition) is 0. The van der Waals surface area contributed by atoms with Gasteiger partial charge in [-0.1, -0.05) is 0 Å². The molecule has 0 atom stereocenters. The lowest BCUT2D eigenvalue weighted by atomic mass is 10.1. The first kappa shape index (κ1) is 18.5. The highest BCUT2D eigenvalue weighted by Gasteiger charge is 2.19. The molecular weight excluding hydrogens is 346 g/mol. The molecule has 0 aliphatic heterocycles. The SMILES string of the molecule is CCOc1ccc(-n2c(C)cc(C(=O)COC(=O)c3ccco3)c2C)cc1. The average molecular weight is 367 g/mol. The molecule has 0 fully saturated rings. The molecule has 0 unspecified atom stereocenters. The molecule has 0 N–H and O–H groups in total. The van der Waals surface area contributed by atoms with Crippen LogP contribution in [-0.2, 0) is 4.74 Å². The normalized spacial score (nSPS) is 10.6. The highest BCUT2D eigenvalue weighted by atomic mass is 16.5. The second kappa shape index (κ2) is 7.95. The zero-order chi connectivity index (χ0) is 19.4. The Kier molecular flexibility index (Phi) is 5.45. The van der Waals surface area contributed by atoms with Crippen LogP contribution in [0.25, 0.3) is 5.69 Å². The highest BCUT2D eigenvalue weighted by Crippen LogP contribution is 2.23. The number of carbonyl (C=O) groups excluding carboxylic acids is 2. The maximum Gasteiger partial charge on any atom is 0.374 e. The van der Waals surface area contributed by atoms with Crippen LogP contribution in [0.3, 0.4) is 0 Å². The predicted molar refractivity (Wildman–Crippen MR) is 99.7 cm³/mol. The van der Waals surface area contributed by atoms with Crippen molar-refractivity contribution >= 4 is 11.8 Å². The minimum atomic E-state index is -0.659. The Bertz CT molecular complexity index is 936. The van der Waals surface area contributed by atoms with Crippen molar-refractivity contribution < 1.29 is 23.5 Å². The van der Waals surface area contributed by atoms with Gasteiger partial charge in [0.15, 0.2) is 6.61 Å². The van der Waals surface area contributed by atoms with E-state index >= 15 is 0 Å². The number of ether oxygens (including phenoxy) is 2. The van der Waals surface area contributed by atoms with E-state index in [-0.39, 0.29) is 18.2 Å². The van der Waals surface area contributed by atoms with E-state index in [1.807, 2.05) is 49.6 Å². The van der Waals surface area contributed by atoms with E-state index in [1.54, 1.807) is 12.1 Å². The van der Waals surface area contributed by atoms with Crippen LogP contribution in [0.4, 0.5) is 0 Å². The molecule has 27 heavy (non-hydrogen) atoms. The lowest BCUT2D eigenvalue weighted by Crippen LogP contribution is -2.14. The summed E-state index contributed by atoms with van der Waals surface area (Å²) < 4.78 is 17.5. The van der Waals surface area contributed by atoms with Crippen molar-refractivity contribution in [3.05, 3.63) is 71.4 Å². The Morgan fingerprint density at radius 3 is 2.48 bits per heavy atom. The van der Waals surface area contributed by atoms with Crippen molar-refractivity contribution in [3.63, 3.8) is 0 Å². The van der Waals surface area contributed by atoms with Crippen LogP contribution < -0.4 is 4.74 Å². The summed E-state index contributed by atoms with van der Waals surface area (Å²) in [5.74, 6) is -0.0543. The van der Waals surface area contributed by atoms with Gasteiger partial charge in [-0.15, -0.1) is 0 Å². The molecule has 3 rings (SSSR count). The molecule has 3 aromatic rings. The van der Waals surface area contributed by atoms with Crippen LogP contribution in [0.5, 0.6) is 5.75 Å². The molecule has 6 heteroatoms. The number of furan rings is 1. The molecule has 0 saturated carbocycles. The van der Waals surface area contributed by atoms with Crippen LogP contribution in [0.1, 0.15) is 39.2 Å². The molecule has 2 aromatic heterocycles. The van der Waals surface area contributed by atoms with Crippen molar-refractivity contribution in [1.82, 2.24) is 4.57 Å². The summed E-state index contributed by atoms with van der Waals surface area (Å²) in [5, 5.41) is 0. The average Bonchev–Trinajstić information content (AvgIpc) is 3.29.